The van der Waals surface area contributed by atoms with Gasteiger partial charge >= 0.3 is 0 Å². The number of nitrogens with zero attached hydrogens (tertiary/aromatic N) is 1. The molecule has 0 saturated carbocycles. The number of carbonyl (C=O) groups excluding carboxylic acids is 1. The number of nitrogens with one attached hydrogen (secondary N) is 1. The van der Waals surface area contributed by atoms with E-state index < -0.39 is 0 Å². The number of hydrogen-bond donors (Lipinski definition) is 1. The number of fused-ring (bicyclic) bond motifs is 1. The predicted molar refractivity (Wildman–Crippen MR) is 92.2 cm³/mol. The highest BCUT2D eigenvalue weighted by atomic mass is 16.5. The average Bonchev–Trinajstić information content (AvgIpc) is 2.57. The Kier molecular flexibility index (Phi) is 3.98. The number of para-hydroxylation sites is 1. The topological polar surface area (TPSA) is 51.2 Å². The van der Waals surface area contributed by atoms with Gasteiger partial charge in [-0.2, -0.15) is 0 Å². The van der Waals surface area contributed by atoms with Crippen molar-refractivity contribution in [1.29, 1.82) is 0 Å². The van der Waals surface area contributed by atoms with Crippen LogP contribution in [-0.4, -0.2) is 18.0 Å². The maximum atomic E-state index is 12.6. The molecule has 0 atom stereocenters. The first-order valence-electron chi connectivity index (χ1n) is 7.41. The van der Waals surface area contributed by atoms with Crippen LogP contribution in [-0.2, 0) is 0 Å². The first-order valence-corrected chi connectivity index (χ1v) is 7.41. The summed E-state index contributed by atoms with van der Waals surface area (Å²) in [6.45, 7) is 3.92. The minimum Gasteiger partial charge on any atom is -0.496 e. The van der Waals surface area contributed by atoms with E-state index in [0.29, 0.717) is 11.3 Å². The van der Waals surface area contributed by atoms with E-state index in [-0.39, 0.29) is 5.91 Å². The van der Waals surface area contributed by atoms with E-state index in [9.17, 15) is 4.79 Å². The van der Waals surface area contributed by atoms with Crippen LogP contribution in [0.15, 0.2) is 48.5 Å². The second-order valence-corrected chi connectivity index (χ2v) is 5.43. The Balaban J connectivity index is 2.04. The summed E-state index contributed by atoms with van der Waals surface area (Å²) in [5.41, 5.74) is 4.10. The number of amides is 1. The minimum atomic E-state index is -0.196. The van der Waals surface area contributed by atoms with Crippen molar-refractivity contribution in [3.63, 3.8) is 0 Å². The fraction of sp³-hybridized carbons (Fsp3) is 0.158. The lowest BCUT2D eigenvalue weighted by atomic mass is 10.1. The molecule has 1 N–H and O–H groups in total. The zero-order valence-electron chi connectivity index (χ0n) is 13.4. The third-order valence-corrected chi connectivity index (χ3v) is 3.81. The molecule has 3 rings (SSSR count). The summed E-state index contributed by atoms with van der Waals surface area (Å²) in [5.74, 6) is 0.357. The molecule has 4 nitrogen and oxygen atoms in total. The Labute approximate surface area is 135 Å². The number of aromatic nitrogens is 1. The van der Waals surface area contributed by atoms with Gasteiger partial charge in [-0.05, 0) is 49.7 Å². The highest BCUT2D eigenvalue weighted by Crippen LogP contribution is 2.28. The van der Waals surface area contributed by atoms with Crippen LogP contribution in [0.3, 0.4) is 0 Å². The molecule has 3 aromatic rings. The summed E-state index contributed by atoms with van der Waals surface area (Å²) < 4.78 is 5.26. The van der Waals surface area contributed by atoms with E-state index in [4.69, 9.17) is 4.74 Å². The third-order valence-electron chi connectivity index (χ3n) is 3.81. The van der Waals surface area contributed by atoms with Crippen molar-refractivity contribution in [1.82, 2.24) is 4.98 Å². The van der Waals surface area contributed by atoms with Crippen molar-refractivity contribution in [2.75, 3.05) is 12.4 Å². The van der Waals surface area contributed by atoms with Crippen molar-refractivity contribution >= 4 is 22.5 Å². The van der Waals surface area contributed by atoms with Gasteiger partial charge in [0.15, 0.2) is 0 Å². The molecule has 23 heavy (non-hydrogen) atoms. The number of methoxy groups -OCH3 is 1. The van der Waals surface area contributed by atoms with Crippen molar-refractivity contribution in [2.45, 2.75) is 13.8 Å². The normalized spacial score (nSPS) is 10.6. The van der Waals surface area contributed by atoms with Crippen molar-refractivity contribution in [3.8, 4) is 5.75 Å². The molecular formula is C19H18N2O2. The summed E-state index contributed by atoms with van der Waals surface area (Å²) in [5, 5.41) is 3.93. The standard InChI is InChI=1S/C19H18N2O2/c1-12-8-11-16-14(10-9-13(2)20-16)18(12)21-19(22)15-6-4-5-7-17(15)23-3/h4-11H,1-3H3,(H,21,22). The number of ether oxygens (including phenoxy) is 1. The van der Waals surface area contributed by atoms with Crippen LogP contribution in [0.1, 0.15) is 21.6 Å². The summed E-state index contributed by atoms with van der Waals surface area (Å²) in [6.07, 6.45) is 0. The lowest BCUT2D eigenvalue weighted by Crippen LogP contribution is -2.14. The minimum absolute atomic E-state index is 0.196. The van der Waals surface area contributed by atoms with Crippen LogP contribution >= 0.6 is 0 Å². The van der Waals surface area contributed by atoms with Gasteiger partial charge in [0.1, 0.15) is 5.75 Å². The molecule has 2 aromatic carbocycles. The Hall–Kier alpha value is -2.88. The quantitative estimate of drug-likeness (QED) is 0.792. The van der Waals surface area contributed by atoms with Gasteiger partial charge in [-0.15, -0.1) is 0 Å². The highest BCUT2D eigenvalue weighted by Gasteiger charge is 2.14. The van der Waals surface area contributed by atoms with E-state index in [0.717, 1.165) is 27.8 Å². The first-order chi connectivity index (χ1) is 11.1. The summed E-state index contributed by atoms with van der Waals surface area (Å²) >= 11 is 0. The van der Waals surface area contributed by atoms with Crippen LogP contribution < -0.4 is 10.1 Å². The fourth-order valence-electron chi connectivity index (χ4n) is 2.59. The molecule has 0 fully saturated rings. The largest absolute Gasteiger partial charge is 0.496 e. The molecule has 0 unspecified atom stereocenters. The Bertz CT molecular complexity index is 888. The number of benzene rings is 2. The monoisotopic (exact) mass is 306 g/mol. The third kappa shape index (κ3) is 2.88. The van der Waals surface area contributed by atoms with E-state index in [1.165, 1.54) is 0 Å². The van der Waals surface area contributed by atoms with E-state index >= 15 is 0 Å². The van der Waals surface area contributed by atoms with Crippen LogP contribution in [0.5, 0.6) is 5.75 Å². The molecule has 0 aliphatic rings. The SMILES string of the molecule is COc1ccccc1C(=O)Nc1c(C)ccc2nc(C)ccc12. The molecule has 0 radical (unpaired) electrons. The van der Waals surface area contributed by atoms with E-state index in [2.05, 4.69) is 10.3 Å². The maximum absolute atomic E-state index is 12.6. The molecule has 0 aliphatic heterocycles. The lowest BCUT2D eigenvalue weighted by Gasteiger charge is -2.13. The summed E-state index contributed by atoms with van der Waals surface area (Å²) in [7, 11) is 1.56. The van der Waals surface area contributed by atoms with Crippen LogP contribution in [0.25, 0.3) is 10.9 Å². The van der Waals surface area contributed by atoms with Gasteiger partial charge in [0.2, 0.25) is 0 Å². The van der Waals surface area contributed by atoms with Crippen LogP contribution in [0.4, 0.5) is 5.69 Å². The molecule has 4 heteroatoms. The zero-order valence-corrected chi connectivity index (χ0v) is 13.4. The van der Waals surface area contributed by atoms with Gasteiger partial charge < -0.3 is 10.1 Å². The second-order valence-electron chi connectivity index (χ2n) is 5.43. The summed E-state index contributed by atoms with van der Waals surface area (Å²) in [4.78, 5) is 17.2. The molecule has 116 valence electrons. The van der Waals surface area contributed by atoms with E-state index in [1.54, 1.807) is 19.2 Å². The predicted octanol–water partition coefficient (Wildman–Crippen LogP) is 4.11. The van der Waals surface area contributed by atoms with Crippen LogP contribution in [0.2, 0.25) is 0 Å². The first kappa shape index (κ1) is 15.0. The molecule has 1 aromatic heterocycles. The second kappa shape index (κ2) is 6.08. The van der Waals surface area contributed by atoms with Crippen molar-refractivity contribution in [3.05, 3.63) is 65.4 Å². The molecule has 1 amide bonds. The smallest absolute Gasteiger partial charge is 0.259 e. The molecule has 0 bridgehead atoms. The number of anilines is 1. The van der Waals surface area contributed by atoms with Gasteiger partial charge in [-0.25, -0.2) is 0 Å². The van der Waals surface area contributed by atoms with Crippen molar-refractivity contribution < 1.29 is 9.53 Å². The van der Waals surface area contributed by atoms with Crippen LogP contribution in [0, 0.1) is 13.8 Å². The Morgan fingerprint density at radius 1 is 1.04 bits per heavy atom. The molecule has 0 saturated heterocycles. The fourth-order valence-corrected chi connectivity index (χ4v) is 2.59. The highest BCUT2D eigenvalue weighted by molar-refractivity contribution is 6.10. The number of pyridine rings is 1. The number of rotatable bonds is 3. The zero-order chi connectivity index (χ0) is 16.4. The number of carbonyl (C=O) groups is 1. The molecular weight excluding hydrogens is 288 g/mol. The maximum Gasteiger partial charge on any atom is 0.259 e. The van der Waals surface area contributed by atoms with Crippen molar-refractivity contribution in [2.24, 2.45) is 0 Å². The number of hydrogen-bond acceptors (Lipinski definition) is 3. The van der Waals surface area contributed by atoms with Gasteiger partial charge in [0.05, 0.1) is 23.9 Å². The Morgan fingerprint density at radius 3 is 2.61 bits per heavy atom. The van der Waals surface area contributed by atoms with Gasteiger partial charge in [0.25, 0.3) is 5.91 Å². The van der Waals surface area contributed by atoms with Gasteiger partial charge in [0, 0.05) is 11.1 Å². The average molecular weight is 306 g/mol. The van der Waals surface area contributed by atoms with Gasteiger partial charge in [-0.1, -0.05) is 18.2 Å². The molecule has 0 spiro atoms. The lowest BCUT2D eigenvalue weighted by molar-refractivity contribution is 0.102. The molecule has 1 heterocycles. The van der Waals surface area contributed by atoms with Gasteiger partial charge in [-0.3, -0.25) is 9.78 Å². The summed E-state index contributed by atoms with van der Waals surface area (Å²) in [6, 6.07) is 15.0. The Morgan fingerprint density at radius 2 is 1.83 bits per heavy atom. The molecule has 0 aliphatic carbocycles. The number of aryl methyl sites for hydroxylation is 2. The van der Waals surface area contributed by atoms with E-state index in [1.807, 2.05) is 50.2 Å².